The zero-order valence-corrected chi connectivity index (χ0v) is 17.1. The maximum absolute atomic E-state index is 13.0. The summed E-state index contributed by atoms with van der Waals surface area (Å²) in [5, 5.41) is 2.85. The molecule has 0 saturated carbocycles. The Hall–Kier alpha value is -2.14. The summed E-state index contributed by atoms with van der Waals surface area (Å²) >= 11 is 3.42. The Kier molecular flexibility index (Phi) is 4.69. The van der Waals surface area contributed by atoms with Crippen molar-refractivity contribution < 1.29 is 9.59 Å². The normalized spacial score (nSPS) is 20.4. The van der Waals surface area contributed by atoms with Crippen LogP contribution in [0.4, 0.5) is 4.79 Å². The van der Waals surface area contributed by atoms with Gasteiger partial charge in [0.2, 0.25) is 0 Å². The first kappa shape index (κ1) is 18.6. The molecule has 0 bridgehead atoms. The number of halogens is 1. The summed E-state index contributed by atoms with van der Waals surface area (Å²) in [6.45, 7) is 8.48. The van der Waals surface area contributed by atoms with Crippen molar-refractivity contribution in [2.75, 3.05) is 0 Å². The van der Waals surface area contributed by atoms with E-state index >= 15 is 0 Å². The van der Waals surface area contributed by atoms with Crippen LogP contribution in [0.1, 0.15) is 44.4 Å². The van der Waals surface area contributed by atoms with E-state index in [1.165, 1.54) is 10.5 Å². The largest absolute Gasteiger partial charge is 0.325 e. The molecule has 136 valence electrons. The van der Waals surface area contributed by atoms with E-state index in [0.29, 0.717) is 0 Å². The van der Waals surface area contributed by atoms with Crippen molar-refractivity contribution in [1.29, 1.82) is 0 Å². The van der Waals surface area contributed by atoms with Crippen LogP contribution >= 0.6 is 15.9 Å². The number of nitrogens with zero attached hydrogens (tertiary/aromatic N) is 1. The second kappa shape index (κ2) is 6.54. The molecule has 1 N–H and O–H groups in total. The van der Waals surface area contributed by atoms with Gasteiger partial charge in [0.1, 0.15) is 5.54 Å². The summed E-state index contributed by atoms with van der Waals surface area (Å²) in [6.07, 6.45) is 0. The predicted molar refractivity (Wildman–Crippen MR) is 106 cm³/mol. The molecule has 2 aromatic carbocycles. The van der Waals surface area contributed by atoms with E-state index in [1.54, 1.807) is 6.92 Å². The topological polar surface area (TPSA) is 49.4 Å². The lowest BCUT2D eigenvalue weighted by Crippen LogP contribution is -2.40. The van der Waals surface area contributed by atoms with Gasteiger partial charge in [-0.2, -0.15) is 0 Å². The molecule has 0 unspecified atom stereocenters. The van der Waals surface area contributed by atoms with Crippen molar-refractivity contribution in [3.8, 4) is 0 Å². The maximum Gasteiger partial charge on any atom is 0.325 e. The third kappa shape index (κ3) is 3.40. The molecule has 4 nitrogen and oxygen atoms in total. The SMILES string of the molecule is CC(C)(C)c1ccc(CN2C(=O)N[C@](C)(c3cccc(Br)c3)C2=O)cc1. The van der Waals surface area contributed by atoms with Crippen molar-refractivity contribution in [1.82, 2.24) is 10.2 Å². The summed E-state index contributed by atoms with van der Waals surface area (Å²) < 4.78 is 0.870. The van der Waals surface area contributed by atoms with E-state index in [0.717, 1.165) is 15.6 Å². The first-order valence-electron chi connectivity index (χ1n) is 8.61. The highest BCUT2D eigenvalue weighted by Crippen LogP contribution is 2.31. The van der Waals surface area contributed by atoms with E-state index in [4.69, 9.17) is 0 Å². The number of carbonyl (C=O) groups excluding carboxylic acids is 2. The Labute approximate surface area is 162 Å². The Bertz CT molecular complexity index is 855. The van der Waals surface area contributed by atoms with E-state index in [-0.39, 0.29) is 23.9 Å². The van der Waals surface area contributed by atoms with Crippen molar-refractivity contribution in [2.24, 2.45) is 0 Å². The Balaban J connectivity index is 1.83. The number of carbonyl (C=O) groups is 2. The zero-order chi connectivity index (χ0) is 19.1. The zero-order valence-electron chi connectivity index (χ0n) is 15.5. The average Bonchev–Trinajstić information content (AvgIpc) is 2.79. The van der Waals surface area contributed by atoms with Crippen LogP contribution in [-0.4, -0.2) is 16.8 Å². The first-order valence-corrected chi connectivity index (χ1v) is 9.40. The molecule has 0 radical (unpaired) electrons. The molecule has 5 heteroatoms. The first-order chi connectivity index (χ1) is 12.1. The van der Waals surface area contributed by atoms with Crippen LogP contribution in [-0.2, 0) is 22.3 Å². The number of urea groups is 1. The van der Waals surface area contributed by atoms with E-state index < -0.39 is 5.54 Å². The number of nitrogens with one attached hydrogen (secondary N) is 1. The van der Waals surface area contributed by atoms with Crippen LogP contribution in [0, 0.1) is 0 Å². The van der Waals surface area contributed by atoms with Crippen LogP contribution in [0.3, 0.4) is 0 Å². The highest BCUT2D eigenvalue weighted by Gasteiger charge is 2.48. The standard InChI is InChI=1S/C21H23BrN2O2/c1-20(2,3)15-10-8-14(9-11-15)13-24-18(25)21(4,23-19(24)26)16-6-5-7-17(22)12-16/h5-12H,13H2,1-4H3,(H,23,26)/t21-/m1/s1. The molecule has 1 atom stereocenters. The second-order valence-corrected chi connectivity index (χ2v) is 8.82. The van der Waals surface area contributed by atoms with Gasteiger partial charge in [-0.1, -0.05) is 73.1 Å². The van der Waals surface area contributed by atoms with E-state index in [2.05, 4.69) is 54.2 Å². The Morgan fingerprint density at radius 2 is 1.73 bits per heavy atom. The quantitative estimate of drug-likeness (QED) is 0.738. The third-order valence-corrected chi connectivity index (χ3v) is 5.33. The van der Waals surface area contributed by atoms with Crippen molar-refractivity contribution >= 4 is 27.9 Å². The number of hydrogen-bond acceptors (Lipinski definition) is 2. The average molecular weight is 415 g/mol. The van der Waals surface area contributed by atoms with Gasteiger partial charge in [-0.3, -0.25) is 9.69 Å². The third-order valence-electron chi connectivity index (χ3n) is 4.84. The number of hydrogen-bond donors (Lipinski definition) is 1. The van der Waals surface area contributed by atoms with Gasteiger partial charge in [0.15, 0.2) is 0 Å². The number of amides is 3. The molecule has 1 saturated heterocycles. The monoisotopic (exact) mass is 414 g/mol. The maximum atomic E-state index is 13.0. The summed E-state index contributed by atoms with van der Waals surface area (Å²) in [7, 11) is 0. The van der Waals surface area contributed by atoms with Crippen molar-refractivity contribution in [3.63, 3.8) is 0 Å². The summed E-state index contributed by atoms with van der Waals surface area (Å²) in [6, 6.07) is 15.2. The second-order valence-electron chi connectivity index (χ2n) is 7.90. The molecule has 0 aromatic heterocycles. The van der Waals surface area contributed by atoms with E-state index in [1.807, 2.05) is 36.4 Å². The lowest BCUT2D eigenvalue weighted by Gasteiger charge is -2.23. The molecule has 0 spiro atoms. The van der Waals surface area contributed by atoms with Gasteiger partial charge in [0.25, 0.3) is 5.91 Å². The summed E-state index contributed by atoms with van der Waals surface area (Å²) in [5.41, 5.74) is 1.93. The molecule has 1 aliphatic heterocycles. The molecule has 1 fully saturated rings. The van der Waals surface area contributed by atoms with Gasteiger partial charge in [0, 0.05) is 4.47 Å². The number of benzene rings is 2. The minimum atomic E-state index is -1.05. The predicted octanol–water partition coefficient (Wildman–Crippen LogP) is 4.71. The van der Waals surface area contributed by atoms with Crippen LogP contribution in [0.15, 0.2) is 53.0 Å². The fourth-order valence-corrected chi connectivity index (χ4v) is 3.53. The van der Waals surface area contributed by atoms with Gasteiger partial charge in [-0.05, 0) is 41.2 Å². The van der Waals surface area contributed by atoms with Crippen LogP contribution in [0.25, 0.3) is 0 Å². The van der Waals surface area contributed by atoms with Crippen LogP contribution in [0.5, 0.6) is 0 Å². The smallest absolute Gasteiger partial charge is 0.319 e. The summed E-state index contributed by atoms with van der Waals surface area (Å²) in [4.78, 5) is 26.8. The minimum Gasteiger partial charge on any atom is -0.319 e. The summed E-state index contributed by atoms with van der Waals surface area (Å²) in [5.74, 6) is -0.236. The molecule has 3 amide bonds. The molecule has 1 heterocycles. The lowest BCUT2D eigenvalue weighted by molar-refractivity contribution is -0.131. The van der Waals surface area contributed by atoms with Crippen LogP contribution < -0.4 is 5.32 Å². The van der Waals surface area contributed by atoms with Crippen molar-refractivity contribution in [2.45, 2.75) is 45.2 Å². The fourth-order valence-electron chi connectivity index (χ4n) is 3.13. The molecule has 2 aromatic rings. The fraction of sp³-hybridized carbons (Fsp3) is 0.333. The molecule has 3 rings (SSSR count). The number of rotatable bonds is 3. The molecule has 1 aliphatic rings. The van der Waals surface area contributed by atoms with Crippen LogP contribution in [0.2, 0.25) is 0 Å². The van der Waals surface area contributed by atoms with Gasteiger partial charge in [0.05, 0.1) is 6.54 Å². The number of imide groups is 1. The van der Waals surface area contributed by atoms with Gasteiger partial charge < -0.3 is 5.32 Å². The van der Waals surface area contributed by atoms with Gasteiger partial charge in [-0.15, -0.1) is 0 Å². The Morgan fingerprint density at radius 3 is 2.31 bits per heavy atom. The van der Waals surface area contributed by atoms with Gasteiger partial charge >= 0.3 is 6.03 Å². The lowest BCUT2D eigenvalue weighted by atomic mass is 9.86. The molecular formula is C21H23BrN2O2. The van der Waals surface area contributed by atoms with E-state index in [9.17, 15) is 9.59 Å². The highest BCUT2D eigenvalue weighted by molar-refractivity contribution is 9.10. The molecule has 26 heavy (non-hydrogen) atoms. The minimum absolute atomic E-state index is 0.0681. The Morgan fingerprint density at radius 1 is 1.08 bits per heavy atom. The highest BCUT2D eigenvalue weighted by atomic mass is 79.9. The molecule has 0 aliphatic carbocycles. The van der Waals surface area contributed by atoms with Gasteiger partial charge in [-0.25, -0.2) is 4.79 Å². The van der Waals surface area contributed by atoms with Crippen molar-refractivity contribution in [3.05, 3.63) is 69.7 Å². The molecular weight excluding hydrogens is 392 g/mol.